The van der Waals surface area contributed by atoms with Gasteiger partial charge < -0.3 is 10.1 Å². The van der Waals surface area contributed by atoms with Crippen LogP contribution in [0.2, 0.25) is 5.02 Å². The molecule has 3 aromatic carbocycles. The van der Waals surface area contributed by atoms with E-state index in [1.165, 1.54) is 0 Å². The average Bonchev–Trinajstić information content (AvgIpc) is 3.24. The maximum atomic E-state index is 13.6. The van der Waals surface area contributed by atoms with Gasteiger partial charge >= 0.3 is 0 Å². The predicted octanol–water partition coefficient (Wildman–Crippen LogP) is 6.73. The summed E-state index contributed by atoms with van der Waals surface area (Å²) in [4.78, 5) is 13.6. The van der Waals surface area contributed by atoms with E-state index in [0.29, 0.717) is 11.6 Å². The normalized spacial score (nSPS) is 15.4. The predicted molar refractivity (Wildman–Crippen MR) is 120 cm³/mol. The highest BCUT2D eigenvalue weighted by Crippen LogP contribution is 2.45. The summed E-state index contributed by atoms with van der Waals surface area (Å²) in [6, 6.07) is 19.7. The van der Waals surface area contributed by atoms with Crippen molar-refractivity contribution in [3.8, 4) is 5.75 Å². The van der Waals surface area contributed by atoms with E-state index in [-0.39, 0.29) is 5.91 Å². The van der Waals surface area contributed by atoms with Gasteiger partial charge in [0, 0.05) is 21.5 Å². The molecule has 4 rings (SSSR count). The van der Waals surface area contributed by atoms with Gasteiger partial charge in [-0.3, -0.25) is 4.79 Å². The van der Waals surface area contributed by atoms with Crippen molar-refractivity contribution in [1.82, 2.24) is 0 Å². The van der Waals surface area contributed by atoms with Crippen LogP contribution in [0.1, 0.15) is 44.6 Å². The molecule has 0 saturated heterocycles. The molecule has 0 radical (unpaired) electrons. The Labute approximate surface area is 177 Å². The number of halogens is 1. The van der Waals surface area contributed by atoms with Crippen LogP contribution in [0.5, 0.6) is 5.75 Å². The van der Waals surface area contributed by atoms with E-state index in [9.17, 15) is 4.79 Å². The maximum Gasteiger partial charge on any atom is 0.235 e. The molecule has 1 aliphatic carbocycles. The lowest BCUT2D eigenvalue weighted by Crippen LogP contribution is -2.38. The largest absolute Gasteiger partial charge is 0.493 e. The highest BCUT2D eigenvalue weighted by molar-refractivity contribution is 6.32. The summed E-state index contributed by atoms with van der Waals surface area (Å²) in [5.41, 5.74) is 1.17. The third kappa shape index (κ3) is 3.72. The summed E-state index contributed by atoms with van der Waals surface area (Å²) in [6.45, 7) is 2.76. The molecule has 0 bridgehead atoms. The standard InChI is InChI=1S/C25H26ClNO2/c1-2-17-29-23-14-13-22(18-9-3-4-10-19(18)23)27-24(28)25(15-7-8-16-25)20-11-5-6-12-21(20)26/h3-6,9-14H,2,7-8,15-17H2,1H3,(H,27,28). The highest BCUT2D eigenvalue weighted by Gasteiger charge is 2.44. The van der Waals surface area contributed by atoms with E-state index >= 15 is 0 Å². The quantitative estimate of drug-likeness (QED) is 0.491. The number of benzene rings is 3. The Kier molecular flexibility index (Phi) is 5.77. The Hall–Kier alpha value is -2.52. The zero-order valence-corrected chi connectivity index (χ0v) is 17.5. The van der Waals surface area contributed by atoms with Gasteiger partial charge in [-0.25, -0.2) is 0 Å². The molecule has 4 heteroatoms. The van der Waals surface area contributed by atoms with Crippen LogP contribution < -0.4 is 10.1 Å². The number of ether oxygens (including phenoxy) is 1. The van der Waals surface area contributed by atoms with Crippen molar-refractivity contribution in [2.75, 3.05) is 11.9 Å². The first-order valence-corrected chi connectivity index (χ1v) is 10.7. The molecule has 1 aliphatic rings. The van der Waals surface area contributed by atoms with Gasteiger partial charge in [-0.05, 0) is 43.0 Å². The topological polar surface area (TPSA) is 38.3 Å². The average molecular weight is 408 g/mol. The number of anilines is 1. The molecular formula is C25H26ClNO2. The number of rotatable bonds is 6. The molecule has 0 heterocycles. The molecule has 0 aliphatic heterocycles. The van der Waals surface area contributed by atoms with Crippen molar-refractivity contribution in [3.63, 3.8) is 0 Å². The number of carbonyl (C=O) groups is 1. The molecular weight excluding hydrogens is 382 g/mol. The summed E-state index contributed by atoms with van der Waals surface area (Å²) in [5, 5.41) is 5.89. The minimum Gasteiger partial charge on any atom is -0.493 e. The number of amides is 1. The molecule has 0 spiro atoms. The first kappa shape index (κ1) is 19.8. The van der Waals surface area contributed by atoms with Crippen LogP contribution in [0, 0.1) is 0 Å². The highest BCUT2D eigenvalue weighted by atomic mass is 35.5. The summed E-state index contributed by atoms with van der Waals surface area (Å²) in [7, 11) is 0. The van der Waals surface area contributed by atoms with E-state index in [1.54, 1.807) is 0 Å². The van der Waals surface area contributed by atoms with Gasteiger partial charge in [-0.1, -0.05) is 73.8 Å². The van der Waals surface area contributed by atoms with Gasteiger partial charge in [0.1, 0.15) is 5.75 Å². The van der Waals surface area contributed by atoms with Crippen LogP contribution in [-0.4, -0.2) is 12.5 Å². The second-order valence-corrected chi connectivity index (χ2v) is 8.14. The zero-order valence-electron chi connectivity index (χ0n) is 16.7. The molecule has 0 aromatic heterocycles. The molecule has 1 saturated carbocycles. The lowest BCUT2D eigenvalue weighted by Gasteiger charge is -2.29. The van der Waals surface area contributed by atoms with Gasteiger partial charge in [0.2, 0.25) is 5.91 Å². The lowest BCUT2D eigenvalue weighted by molar-refractivity contribution is -0.121. The molecule has 150 valence electrons. The first-order chi connectivity index (χ1) is 14.2. The van der Waals surface area contributed by atoms with E-state index < -0.39 is 5.41 Å². The fourth-order valence-corrected chi connectivity index (χ4v) is 4.72. The Morgan fingerprint density at radius 3 is 2.41 bits per heavy atom. The van der Waals surface area contributed by atoms with Gasteiger partial charge in [0.15, 0.2) is 0 Å². The van der Waals surface area contributed by atoms with Crippen molar-refractivity contribution in [1.29, 1.82) is 0 Å². The van der Waals surface area contributed by atoms with Gasteiger partial charge in [-0.2, -0.15) is 0 Å². The van der Waals surface area contributed by atoms with Crippen LogP contribution in [0.4, 0.5) is 5.69 Å². The zero-order chi connectivity index (χ0) is 20.3. The second kappa shape index (κ2) is 8.46. The van der Waals surface area contributed by atoms with Crippen molar-refractivity contribution >= 4 is 34.0 Å². The first-order valence-electron chi connectivity index (χ1n) is 10.4. The number of carbonyl (C=O) groups excluding carboxylic acids is 1. The van der Waals surface area contributed by atoms with E-state index in [4.69, 9.17) is 16.3 Å². The van der Waals surface area contributed by atoms with Gasteiger partial charge in [-0.15, -0.1) is 0 Å². The Balaban J connectivity index is 1.71. The molecule has 1 amide bonds. The molecule has 29 heavy (non-hydrogen) atoms. The fourth-order valence-electron chi connectivity index (χ4n) is 4.41. The number of fused-ring (bicyclic) bond motifs is 1. The Bertz CT molecular complexity index is 1020. The second-order valence-electron chi connectivity index (χ2n) is 7.73. The van der Waals surface area contributed by atoms with Crippen molar-refractivity contribution in [2.24, 2.45) is 0 Å². The molecule has 1 N–H and O–H groups in total. The van der Waals surface area contributed by atoms with Crippen LogP contribution in [0.3, 0.4) is 0 Å². The van der Waals surface area contributed by atoms with E-state index in [1.807, 2.05) is 60.7 Å². The SMILES string of the molecule is CCCOc1ccc(NC(=O)C2(c3ccccc3Cl)CCCC2)c2ccccc12. The smallest absolute Gasteiger partial charge is 0.235 e. The van der Waals surface area contributed by atoms with Crippen LogP contribution in [0.15, 0.2) is 60.7 Å². The molecule has 0 atom stereocenters. The minimum atomic E-state index is -0.573. The van der Waals surface area contributed by atoms with Crippen molar-refractivity contribution in [2.45, 2.75) is 44.4 Å². The lowest BCUT2D eigenvalue weighted by atomic mass is 9.77. The third-order valence-corrected chi connectivity index (χ3v) is 6.20. The summed E-state index contributed by atoms with van der Waals surface area (Å²) >= 11 is 6.51. The summed E-state index contributed by atoms with van der Waals surface area (Å²) in [5.74, 6) is 0.873. The summed E-state index contributed by atoms with van der Waals surface area (Å²) < 4.78 is 5.90. The Morgan fingerprint density at radius 2 is 1.69 bits per heavy atom. The van der Waals surface area contributed by atoms with E-state index in [2.05, 4.69) is 12.2 Å². The van der Waals surface area contributed by atoms with Gasteiger partial charge in [0.05, 0.1) is 12.0 Å². The molecule has 3 nitrogen and oxygen atoms in total. The van der Waals surface area contributed by atoms with Gasteiger partial charge in [0.25, 0.3) is 0 Å². The maximum absolute atomic E-state index is 13.6. The van der Waals surface area contributed by atoms with Crippen molar-refractivity contribution in [3.05, 3.63) is 71.2 Å². The van der Waals surface area contributed by atoms with Crippen LogP contribution in [0.25, 0.3) is 10.8 Å². The van der Waals surface area contributed by atoms with Crippen LogP contribution in [-0.2, 0) is 10.2 Å². The number of hydrogen-bond acceptors (Lipinski definition) is 2. The number of nitrogens with one attached hydrogen (secondary N) is 1. The fraction of sp³-hybridized carbons (Fsp3) is 0.320. The molecule has 1 fully saturated rings. The number of hydrogen-bond donors (Lipinski definition) is 1. The van der Waals surface area contributed by atoms with Crippen LogP contribution >= 0.6 is 11.6 Å². The molecule has 3 aromatic rings. The van der Waals surface area contributed by atoms with E-state index in [0.717, 1.165) is 59.9 Å². The third-order valence-electron chi connectivity index (χ3n) is 5.88. The Morgan fingerprint density at radius 1 is 1.00 bits per heavy atom. The summed E-state index contributed by atoms with van der Waals surface area (Å²) in [6.07, 6.45) is 4.65. The molecule has 0 unspecified atom stereocenters. The monoisotopic (exact) mass is 407 g/mol. The van der Waals surface area contributed by atoms with Crippen molar-refractivity contribution < 1.29 is 9.53 Å². The minimum absolute atomic E-state index is 0.0236.